The van der Waals surface area contributed by atoms with Crippen LogP contribution in [0.3, 0.4) is 0 Å². The third kappa shape index (κ3) is 2.61. The second-order valence-corrected chi connectivity index (χ2v) is 4.26. The zero-order valence-electron chi connectivity index (χ0n) is 8.65. The van der Waals surface area contributed by atoms with E-state index in [-0.39, 0.29) is 5.12 Å². The lowest BCUT2D eigenvalue weighted by molar-refractivity contribution is -0.109. The zero-order valence-corrected chi connectivity index (χ0v) is 9.47. The first-order valence-electron chi connectivity index (χ1n) is 4.68. The van der Waals surface area contributed by atoms with E-state index in [2.05, 4.69) is 27.3 Å². The molecule has 2 rings (SSSR count). The molecule has 5 heteroatoms. The molecule has 1 heterocycles. The van der Waals surface area contributed by atoms with Gasteiger partial charge in [-0.15, -0.1) is 0 Å². The van der Waals surface area contributed by atoms with Crippen molar-refractivity contribution in [2.75, 3.05) is 5.75 Å². The lowest BCUT2D eigenvalue weighted by Gasteiger charge is -1.89. The Hall–Kier alpha value is -1.80. The Balaban J connectivity index is 2.11. The predicted molar refractivity (Wildman–Crippen MR) is 63.9 cm³/mol. The molecule has 0 amide bonds. The molecule has 80 valence electrons. The molecule has 1 aromatic carbocycles. The van der Waals surface area contributed by atoms with Crippen molar-refractivity contribution in [2.45, 2.75) is 6.92 Å². The summed E-state index contributed by atoms with van der Waals surface area (Å²) >= 11 is 1.21. The first-order chi connectivity index (χ1) is 7.75. The highest BCUT2D eigenvalue weighted by molar-refractivity contribution is 8.13. The number of fused-ring (bicyclic) bond motifs is 1. The van der Waals surface area contributed by atoms with Gasteiger partial charge in [-0.3, -0.25) is 4.79 Å². The van der Waals surface area contributed by atoms with Crippen molar-refractivity contribution >= 4 is 27.9 Å². The van der Waals surface area contributed by atoms with Gasteiger partial charge in [0.25, 0.3) is 0 Å². The monoisotopic (exact) mass is 231 g/mol. The molecule has 0 aliphatic carbocycles. The molecule has 0 fully saturated rings. The van der Waals surface area contributed by atoms with Crippen LogP contribution < -0.4 is 0 Å². The Morgan fingerprint density at radius 3 is 3.06 bits per heavy atom. The molecular weight excluding hydrogens is 222 g/mol. The van der Waals surface area contributed by atoms with Crippen molar-refractivity contribution in [3.63, 3.8) is 0 Å². The summed E-state index contributed by atoms with van der Waals surface area (Å²) in [5, 5.41) is 10.6. The van der Waals surface area contributed by atoms with Crippen LogP contribution in [0, 0.1) is 11.8 Å². The van der Waals surface area contributed by atoms with Gasteiger partial charge >= 0.3 is 0 Å². The summed E-state index contributed by atoms with van der Waals surface area (Å²) in [6.07, 6.45) is 0. The molecule has 0 atom stereocenters. The Morgan fingerprint density at radius 2 is 2.25 bits per heavy atom. The molecule has 0 radical (unpaired) electrons. The lowest BCUT2D eigenvalue weighted by atomic mass is 10.2. The number of hydrogen-bond donors (Lipinski definition) is 1. The minimum atomic E-state index is 0.0845. The van der Waals surface area contributed by atoms with Gasteiger partial charge in [0.2, 0.25) is 0 Å². The number of aromatic nitrogens is 3. The van der Waals surface area contributed by atoms with Gasteiger partial charge < -0.3 is 0 Å². The molecule has 0 unspecified atom stereocenters. The van der Waals surface area contributed by atoms with Gasteiger partial charge in [-0.1, -0.05) is 23.6 Å². The molecule has 1 aromatic heterocycles. The Morgan fingerprint density at radius 1 is 1.44 bits per heavy atom. The molecule has 1 N–H and O–H groups in total. The quantitative estimate of drug-likeness (QED) is 0.757. The van der Waals surface area contributed by atoms with Crippen molar-refractivity contribution in [2.24, 2.45) is 0 Å². The molecular formula is C11H9N3OS. The fourth-order valence-electron chi connectivity index (χ4n) is 1.19. The highest BCUT2D eigenvalue weighted by Crippen LogP contribution is 2.09. The molecule has 0 saturated heterocycles. The minimum absolute atomic E-state index is 0.0845. The van der Waals surface area contributed by atoms with Crippen LogP contribution in [0.15, 0.2) is 18.2 Å². The van der Waals surface area contributed by atoms with Crippen LogP contribution in [0.5, 0.6) is 0 Å². The average Bonchev–Trinajstić information content (AvgIpc) is 2.71. The first kappa shape index (κ1) is 10.7. The van der Waals surface area contributed by atoms with Gasteiger partial charge in [0.05, 0.1) is 5.75 Å². The maximum atomic E-state index is 10.7. The number of benzene rings is 1. The van der Waals surface area contributed by atoms with E-state index in [1.54, 1.807) is 0 Å². The average molecular weight is 231 g/mol. The van der Waals surface area contributed by atoms with Gasteiger partial charge in [0.15, 0.2) is 5.12 Å². The van der Waals surface area contributed by atoms with Crippen LogP contribution in [0.25, 0.3) is 11.0 Å². The predicted octanol–water partition coefficient (Wildman–Crippen LogP) is 1.59. The summed E-state index contributed by atoms with van der Waals surface area (Å²) in [6, 6.07) is 5.61. The molecule has 2 aromatic rings. The number of nitrogens with one attached hydrogen (secondary N) is 1. The Kier molecular flexibility index (Phi) is 3.22. The molecule has 16 heavy (non-hydrogen) atoms. The van der Waals surface area contributed by atoms with E-state index in [9.17, 15) is 4.79 Å². The summed E-state index contributed by atoms with van der Waals surface area (Å²) in [4.78, 5) is 10.7. The normalized spacial score (nSPS) is 9.81. The summed E-state index contributed by atoms with van der Waals surface area (Å²) in [7, 11) is 0. The van der Waals surface area contributed by atoms with Crippen LogP contribution in [0.2, 0.25) is 0 Å². The number of carbonyl (C=O) groups excluding carboxylic acids is 1. The van der Waals surface area contributed by atoms with E-state index >= 15 is 0 Å². The Bertz CT molecular complexity index is 579. The van der Waals surface area contributed by atoms with Crippen LogP contribution in [-0.2, 0) is 4.79 Å². The fraction of sp³-hybridized carbons (Fsp3) is 0.182. The Labute approximate surface area is 96.8 Å². The smallest absolute Gasteiger partial charge is 0.186 e. The number of rotatable bonds is 1. The third-order valence-corrected chi connectivity index (χ3v) is 2.59. The van der Waals surface area contributed by atoms with Gasteiger partial charge in [-0.2, -0.15) is 15.4 Å². The second kappa shape index (κ2) is 4.81. The second-order valence-electron chi connectivity index (χ2n) is 3.11. The van der Waals surface area contributed by atoms with E-state index in [1.807, 2.05) is 18.2 Å². The summed E-state index contributed by atoms with van der Waals surface area (Å²) in [5.74, 6) is 6.42. The maximum Gasteiger partial charge on any atom is 0.186 e. The van der Waals surface area contributed by atoms with Crippen LogP contribution in [0.1, 0.15) is 12.5 Å². The van der Waals surface area contributed by atoms with Crippen molar-refractivity contribution in [3.8, 4) is 11.8 Å². The lowest BCUT2D eigenvalue weighted by Crippen LogP contribution is -1.82. The topological polar surface area (TPSA) is 58.6 Å². The third-order valence-electron chi connectivity index (χ3n) is 1.90. The van der Waals surface area contributed by atoms with E-state index in [1.165, 1.54) is 18.7 Å². The largest absolute Gasteiger partial charge is 0.288 e. The van der Waals surface area contributed by atoms with Crippen molar-refractivity contribution < 1.29 is 4.79 Å². The zero-order chi connectivity index (χ0) is 11.4. The van der Waals surface area contributed by atoms with Crippen LogP contribution in [0.4, 0.5) is 0 Å². The van der Waals surface area contributed by atoms with E-state index in [4.69, 9.17) is 0 Å². The number of hydrogen-bond acceptors (Lipinski definition) is 4. The number of thioether (sulfide) groups is 1. The van der Waals surface area contributed by atoms with Crippen molar-refractivity contribution in [1.82, 2.24) is 15.4 Å². The molecule has 4 nitrogen and oxygen atoms in total. The summed E-state index contributed by atoms with van der Waals surface area (Å²) in [6.45, 7) is 1.54. The van der Waals surface area contributed by atoms with Gasteiger partial charge in [-0.25, -0.2) is 0 Å². The van der Waals surface area contributed by atoms with E-state index in [0.717, 1.165) is 16.6 Å². The van der Waals surface area contributed by atoms with Crippen LogP contribution >= 0.6 is 11.8 Å². The van der Waals surface area contributed by atoms with Crippen LogP contribution in [-0.4, -0.2) is 26.3 Å². The maximum absolute atomic E-state index is 10.7. The fourth-order valence-corrected chi connectivity index (χ4v) is 1.54. The van der Waals surface area contributed by atoms with Gasteiger partial charge in [0.1, 0.15) is 11.0 Å². The van der Waals surface area contributed by atoms with Crippen molar-refractivity contribution in [3.05, 3.63) is 23.8 Å². The molecule has 0 aliphatic rings. The molecule has 0 spiro atoms. The van der Waals surface area contributed by atoms with Gasteiger partial charge in [0, 0.05) is 12.5 Å². The van der Waals surface area contributed by atoms with Gasteiger partial charge in [-0.05, 0) is 18.2 Å². The first-order valence-corrected chi connectivity index (χ1v) is 5.67. The molecule has 0 aliphatic heterocycles. The summed E-state index contributed by atoms with van der Waals surface area (Å²) in [5.41, 5.74) is 2.50. The van der Waals surface area contributed by atoms with Crippen molar-refractivity contribution in [1.29, 1.82) is 0 Å². The SMILES string of the molecule is CC(=O)SCC#Cc1ccc2n[nH]nc2c1. The highest BCUT2D eigenvalue weighted by Gasteiger charge is 1.97. The van der Waals surface area contributed by atoms with E-state index in [0.29, 0.717) is 5.75 Å². The number of H-pyrrole nitrogens is 1. The highest BCUT2D eigenvalue weighted by atomic mass is 32.2. The number of carbonyl (C=O) groups is 1. The molecule has 0 bridgehead atoms. The standard InChI is InChI=1S/C11H9N3OS/c1-8(15)16-6-2-3-9-4-5-10-11(7-9)13-14-12-10/h4-5,7H,6H2,1H3,(H,12,13,14). The minimum Gasteiger partial charge on any atom is -0.288 e. The molecule has 0 saturated carbocycles. The number of aromatic amines is 1. The number of nitrogens with zero attached hydrogens (tertiary/aromatic N) is 2. The summed E-state index contributed by atoms with van der Waals surface area (Å²) < 4.78 is 0. The van der Waals surface area contributed by atoms with E-state index < -0.39 is 0 Å².